The molecule has 29 heavy (non-hydrogen) atoms. The number of aromatic nitrogens is 2. The third-order valence-electron chi connectivity index (χ3n) is 5.41. The maximum atomic E-state index is 13.1. The molecule has 0 unspecified atom stereocenters. The second kappa shape index (κ2) is 7.20. The van der Waals surface area contributed by atoms with Gasteiger partial charge in [0.2, 0.25) is 5.91 Å². The van der Waals surface area contributed by atoms with Gasteiger partial charge in [0.1, 0.15) is 11.9 Å². The van der Waals surface area contributed by atoms with E-state index in [9.17, 15) is 9.59 Å². The van der Waals surface area contributed by atoms with Crippen molar-refractivity contribution >= 4 is 17.6 Å². The maximum Gasteiger partial charge on any atom is 0.251 e. The predicted molar refractivity (Wildman–Crippen MR) is 112 cm³/mol. The molecule has 2 aromatic carbocycles. The summed E-state index contributed by atoms with van der Waals surface area (Å²) in [7, 11) is 1.81. The van der Waals surface area contributed by atoms with Gasteiger partial charge in [0.15, 0.2) is 0 Å². The predicted octanol–water partition coefficient (Wildman–Crippen LogP) is 3.23. The summed E-state index contributed by atoms with van der Waals surface area (Å²) < 4.78 is 1.68. The van der Waals surface area contributed by atoms with E-state index >= 15 is 0 Å². The van der Waals surface area contributed by atoms with Crippen molar-refractivity contribution in [2.75, 3.05) is 5.32 Å². The summed E-state index contributed by atoms with van der Waals surface area (Å²) in [4.78, 5) is 26.0. The summed E-state index contributed by atoms with van der Waals surface area (Å²) in [6.07, 6.45) is 0. The summed E-state index contributed by atoms with van der Waals surface area (Å²) >= 11 is 0. The maximum absolute atomic E-state index is 13.1. The van der Waals surface area contributed by atoms with Gasteiger partial charge in [-0.2, -0.15) is 5.10 Å². The van der Waals surface area contributed by atoms with Gasteiger partial charge >= 0.3 is 0 Å². The fourth-order valence-electron chi connectivity index (χ4n) is 4.09. The Hall–Kier alpha value is -3.41. The molecule has 2 heterocycles. The molecule has 0 radical (unpaired) electrons. The molecular weight excluding hydrogens is 364 g/mol. The highest BCUT2D eigenvalue weighted by atomic mass is 16.2. The number of nitrogens with zero attached hydrogens (tertiary/aromatic N) is 2. The number of amides is 2. The lowest BCUT2D eigenvalue weighted by molar-refractivity contribution is -0.118. The zero-order chi connectivity index (χ0) is 20.7. The van der Waals surface area contributed by atoms with Gasteiger partial charge in [-0.1, -0.05) is 47.5 Å². The molecule has 1 aromatic heterocycles. The Morgan fingerprint density at radius 1 is 1.07 bits per heavy atom. The van der Waals surface area contributed by atoms with Crippen LogP contribution in [0.2, 0.25) is 0 Å². The van der Waals surface area contributed by atoms with Crippen LogP contribution < -0.4 is 10.6 Å². The van der Waals surface area contributed by atoms with Crippen LogP contribution in [0.15, 0.2) is 48.5 Å². The first-order valence-corrected chi connectivity index (χ1v) is 9.63. The van der Waals surface area contributed by atoms with Crippen LogP contribution in [0.1, 0.15) is 44.2 Å². The van der Waals surface area contributed by atoms with E-state index in [0.717, 1.165) is 27.9 Å². The fraction of sp³-hybridized carbons (Fsp3) is 0.261. The fourth-order valence-corrected chi connectivity index (χ4v) is 4.09. The van der Waals surface area contributed by atoms with E-state index < -0.39 is 6.04 Å². The Morgan fingerprint density at radius 2 is 1.76 bits per heavy atom. The molecule has 2 amide bonds. The number of nitrogens with one attached hydrogen (secondary N) is 2. The lowest BCUT2D eigenvalue weighted by Crippen LogP contribution is -2.50. The molecule has 3 aromatic rings. The van der Waals surface area contributed by atoms with Crippen molar-refractivity contribution < 1.29 is 9.59 Å². The summed E-state index contributed by atoms with van der Waals surface area (Å²) in [5.74, 6) is -0.148. The third kappa shape index (κ3) is 3.42. The topological polar surface area (TPSA) is 76.0 Å². The van der Waals surface area contributed by atoms with Crippen LogP contribution in [0, 0.1) is 20.8 Å². The van der Waals surface area contributed by atoms with E-state index in [0.29, 0.717) is 11.4 Å². The lowest BCUT2D eigenvalue weighted by atomic mass is 9.81. The highest BCUT2D eigenvalue weighted by molar-refractivity contribution is 6.04. The van der Waals surface area contributed by atoms with E-state index in [-0.39, 0.29) is 17.7 Å². The molecule has 4 rings (SSSR count). The van der Waals surface area contributed by atoms with Crippen molar-refractivity contribution in [1.82, 2.24) is 15.1 Å². The average Bonchev–Trinajstić information content (AvgIpc) is 2.95. The number of hydrogen-bond donors (Lipinski definition) is 2. The van der Waals surface area contributed by atoms with Gasteiger partial charge in [0.25, 0.3) is 5.91 Å². The number of aryl methyl sites for hydroxylation is 4. The first kappa shape index (κ1) is 18.9. The smallest absolute Gasteiger partial charge is 0.251 e. The Morgan fingerprint density at radius 3 is 2.45 bits per heavy atom. The third-order valence-corrected chi connectivity index (χ3v) is 5.41. The summed E-state index contributed by atoms with van der Waals surface area (Å²) in [6, 6.07) is 14.7. The van der Waals surface area contributed by atoms with E-state index in [1.54, 1.807) is 10.7 Å². The summed E-state index contributed by atoms with van der Waals surface area (Å²) in [6.45, 7) is 5.88. The quantitative estimate of drug-likeness (QED) is 0.723. The van der Waals surface area contributed by atoms with Crippen molar-refractivity contribution in [3.8, 4) is 0 Å². The van der Waals surface area contributed by atoms with E-state index in [2.05, 4.69) is 21.8 Å². The Kier molecular flexibility index (Phi) is 4.70. The van der Waals surface area contributed by atoms with Gasteiger partial charge in [-0.3, -0.25) is 14.3 Å². The molecule has 1 aliphatic rings. The van der Waals surface area contributed by atoms with Gasteiger partial charge < -0.3 is 10.6 Å². The largest absolute Gasteiger partial charge is 0.339 e. The molecular formula is C23H24N4O2. The standard InChI is InChI=1S/C23H24N4O2/c1-13-7-5-9-16(11-13)19-18-15(3)26-27(4)21(18)25-23(29)20(19)24-22(28)17-10-6-8-14(2)12-17/h5-12,19-20H,1-4H3,(H,24,28)(H,25,29)/t19-,20-/m0/s1. The Bertz CT molecular complexity index is 1120. The van der Waals surface area contributed by atoms with Crippen molar-refractivity contribution in [2.24, 2.45) is 7.05 Å². The molecule has 0 spiro atoms. The van der Waals surface area contributed by atoms with E-state index in [1.165, 1.54) is 0 Å². The molecule has 1 aliphatic heterocycles. The molecule has 0 saturated carbocycles. The molecule has 6 heteroatoms. The van der Waals surface area contributed by atoms with Crippen molar-refractivity contribution in [1.29, 1.82) is 0 Å². The Balaban J connectivity index is 1.79. The number of rotatable bonds is 3. The number of hydrogen-bond acceptors (Lipinski definition) is 3. The number of benzene rings is 2. The van der Waals surface area contributed by atoms with Crippen LogP contribution >= 0.6 is 0 Å². The minimum absolute atomic E-state index is 0.243. The average molecular weight is 388 g/mol. The van der Waals surface area contributed by atoms with Gasteiger partial charge in [0.05, 0.1) is 5.69 Å². The second-order valence-corrected chi connectivity index (χ2v) is 7.67. The monoisotopic (exact) mass is 388 g/mol. The van der Waals surface area contributed by atoms with Crippen LogP contribution in [0.5, 0.6) is 0 Å². The first-order chi connectivity index (χ1) is 13.8. The summed E-state index contributed by atoms with van der Waals surface area (Å²) in [5.41, 5.74) is 5.38. The molecule has 0 aliphatic carbocycles. The van der Waals surface area contributed by atoms with E-state index in [4.69, 9.17) is 0 Å². The second-order valence-electron chi connectivity index (χ2n) is 7.67. The molecule has 0 saturated heterocycles. The lowest BCUT2D eigenvalue weighted by Gasteiger charge is -2.32. The van der Waals surface area contributed by atoms with Crippen LogP contribution in [-0.4, -0.2) is 27.6 Å². The zero-order valence-corrected chi connectivity index (χ0v) is 17.0. The van der Waals surface area contributed by atoms with Crippen LogP contribution in [-0.2, 0) is 11.8 Å². The van der Waals surface area contributed by atoms with Gasteiger partial charge in [-0.15, -0.1) is 0 Å². The van der Waals surface area contributed by atoms with Crippen LogP contribution in [0.3, 0.4) is 0 Å². The first-order valence-electron chi connectivity index (χ1n) is 9.63. The molecule has 2 atom stereocenters. The normalized spacial score (nSPS) is 18.1. The number of carbonyl (C=O) groups is 2. The molecule has 0 fully saturated rings. The SMILES string of the molecule is Cc1cccc(C(=O)N[C@@H]2C(=O)Nc3c(c(C)nn3C)[C@@H]2c2cccc(C)c2)c1. The van der Waals surface area contributed by atoms with Crippen molar-refractivity contribution in [2.45, 2.75) is 32.7 Å². The highest BCUT2D eigenvalue weighted by Crippen LogP contribution is 2.39. The van der Waals surface area contributed by atoms with Crippen LogP contribution in [0.4, 0.5) is 5.82 Å². The number of carbonyl (C=O) groups excluding carboxylic acids is 2. The summed E-state index contributed by atoms with van der Waals surface area (Å²) in [5, 5.41) is 10.4. The van der Waals surface area contributed by atoms with Gasteiger partial charge in [-0.25, -0.2) is 0 Å². The highest BCUT2D eigenvalue weighted by Gasteiger charge is 2.41. The van der Waals surface area contributed by atoms with Crippen LogP contribution in [0.25, 0.3) is 0 Å². The molecule has 6 nitrogen and oxygen atoms in total. The minimum Gasteiger partial charge on any atom is -0.339 e. The number of fused-ring (bicyclic) bond motifs is 1. The van der Waals surface area contributed by atoms with Crippen molar-refractivity contribution in [3.63, 3.8) is 0 Å². The Labute approximate surface area is 169 Å². The minimum atomic E-state index is -0.736. The number of anilines is 1. The van der Waals surface area contributed by atoms with Gasteiger partial charge in [-0.05, 0) is 38.5 Å². The molecule has 0 bridgehead atoms. The zero-order valence-electron chi connectivity index (χ0n) is 17.0. The van der Waals surface area contributed by atoms with Crippen molar-refractivity contribution in [3.05, 3.63) is 82.0 Å². The molecule has 148 valence electrons. The van der Waals surface area contributed by atoms with E-state index in [1.807, 2.05) is 64.2 Å². The molecule has 2 N–H and O–H groups in total. The van der Waals surface area contributed by atoms with Gasteiger partial charge in [0, 0.05) is 24.1 Å².